The molecule has 1 aliphatic rings. The number of hydrogen-bond acceptors (Lipinski definition) is 4. The summed E-state index contributed by atoms with van der Waals surface area (Å²) in [7, 11) is 0. The predicted octanol–water partition coefficient (Wildman–Crippen LogP) is 2.44. The Bertz CT molecular complexity index is 344. The zero-order valence-corrected chi connectivity index (χ0v) is 12.8. The van der Waals surface area contributed by atoms with Gasteiger partial charge in [0.15, 0.2) is 0 Å². The number of rotatable bonds is 5. The lowest BCUT2D eigenvalue weighted by atomic mass is 10.00. The average molecular weight is 287 g/mol. The van der Waals surface area contributed by atoms with Crippen LogP contribution in [0.4, 0.5) is 0 Å². The molecule has 3 atom stereocenters. The van der Waals surface area contributed by atoms with Gasteiger partial charge in [-0.05, 0) is 12.3 Å². The summed E-state index contributed by atoms with van der Waals surface area (Å²) in [5, 5.41) is 9.70. The highest BCUT2D eigenvalue weighted by molar-refractivity contribution is 8.23. The molecule has 18 heavy (non-hydrogen) atoms. The number of nitrogens with zero attached hydrogens (tertiary/aromatic N) is 1. The summed E-state index contributed by atoms with van der Waals surface area (Å²) < 4.78 is 0.633. The van der Waals surface area contributed by atoms with Gasteiger partial charge in [-0.1, -0.05) is 50.8 Å². The average Bonchev–Trinajstić information content (AvgIpc) is 2.66. The Kier molecular flexibility index (Phi) is 5.82. The van der Waals surface area contributed by atoms with Crippen LogP contribution in [-0.4, -0.2) is 38.1 Å². The number of carbonyl (C=O) groups is 1. The van der Waals surface area contributed by atoms with Crippen molar-refractivity contribution in [3.05, 3.63) is 12.7 Å². The number of aliphatic hydroxyl groups excluding tert-OH is 1. The van der Waals surface area contributed by atoms with Gasteiger partial charge in [0.05, 0.1) is 12.0 Å². The van der Waals surface area contributed by atoms with Gasteiger partial charge in [0, 0.05) is 11.8 Å². The molecule has 0 spiro atoms. The van der Waals surface area contributed by atoms with Crippen molar-refractivity contribution < 1.29 is 9.90 Å². The van der Waals surface area contributed by atoms with E-state index in [9.17, 15) is 9.90 Å². The molecule has 3 nitrogen and oxygen atoms in total. The summed E-state index contributed by atoms with van der Waals surface area (Å²) in [6.45, 7) is 9.50. The van der Waals surface area contributed by atoms with Crippen molar-refractivity contribution in [3.8, 4) is 0 Å². The molecule has 0 bridgehead atoms. The molecule has 1 aliphatic heterocycles. The summed E-state index contributed by atoms with van der Waals surface area (Å²) in [6, 6.07) is 0.162. The first-order chi connectivity index (χ1) is 8.38. The van der Waals surface area contributed by atoms with Crippen LogP contribution in [0.2, 0.25) is 0 Å². The van der Waals surface area contributed by atoms with Crippen molar-refractivity contribution >= 4 is 34.2 Å². The number of thiocarbonyl (C=S) groups is 1. The SMILES string of the molecule is C=C[C@H](O)[C@@H](C)C(=O)N1C(=S)SC[C@@H]1CC(C)C. The highest BCUT2D eigenvalue weighted by Gasteiger charge is 2.37. The number of hydrogen-bond donors (Lipinski definition) is 1. The molecule has 102 valence electrons. The van der Waals surface area contributed by atoms with Crippen LogP contribution in [0, 0.1) is 11.8 Å². The molecule has 0 unspecified atom stereocenters. The van der Waals surface area contributed by atoms with Crippen LogP contribution in [0.15, 0.2) is 12.7 Å². The Balaban J connectivity index is 2.80. The molecule has 5 heteroatoms. The monoisotopic (exact) mass is 287 g/mol. The minimum Gasteiger partial charge on any atom is -0.388 e. The third-order valence-electron chi connectivity index (χ3n) is 3.09. The predicted molar refractivity (Wildman–Crippen MR) is 80.5 cm³/mol. The Morgan fingerprint density at radius 1 is 1.67 bits per heavy atom. The second kappa shape index (κ2) is 6.68. The molecule has 1 heterocycles. The second-order valence-electron chi connectivity index (χ2n) is 5.08. The summed E-state index contributed by atoms with van der Waals surface area (Å²) >= 11 is 6.80. The van der Waals surface area contributed by atoms with Gasteiger partial charge in [-0.25, -0.2) is 0 Å². The summed E-state index contributed by atoms with van der Waals surface area (Å²) in [4.78, 5) is 14.1. The molecule has 0 aromatic heterocycles. The maximum absolute atomic E-state index is 12.4. The highest BCUT2D eigenvalue weighted by atomic mass is 32.2. The van der Waals surface area contributed by atoms with E-state index >= 15 is 0 Å². The van der Waals surface area contributed by atoms with Gasteiger partial charge in [-0.2, -0.15) is 0 Å². The van der Waals surface area contributed by atoms with Crippen LogP contribution < -0.4 is 0 Å². The van der Waals surface area contributed by atoms with E-state index in [1.165, 1.54) is 6.08 Å². The minimum atomic E-state index is -0.814. The van der Waals surface area contributed by atoms with Crippen molar-refractivity contribution in [2.75, 3.05) is 5.75 Å². The first kappa shape index (κ1) is 15.7. The molecule has 0 aliphatic carbocycles. The van der Waals surface area contributed by atoms with E-state index in [-0.39, 0.29) is 11.9 Å². The zero-order valence-electron chi connectivity index (χ0n) is 11.1. The van der Waals surface area contributed by atoms with Gasteiger partial charge in [-0.15, -0.1) is 6.58 Å². The third-order valence-corrected chi connectivity index (χ3v) is 4.63. The standard InChI is InChI=1S/C13H21NO2S2/c1-5-11(15)9(4)12(16)14-10(6-8(2)3)7-18-13(14)17/h5,8-11,15H,1,6-7H2,2-4H3/t9-,10+,11+/m1/s1. The van der Waals surface area contributed by atoms with Crippen molar-refractivity contribution in [3.63, 3.8) is 0 Å². The lowest BCUT2D eigenvalue weighted by Gasteiger charge is -2.28. The van der Waals surface area contributed by atoms with Crippen LogP contribution >= 0.6 is 24.0 Å². The minimum absolute atomic E-state index is 0.0944. The normalized spacial score (nSPS) is 23.3. The van der Waals surface area contributed by atoms with E-state index in [1.807, 2.05) is 0 Å². The number of amides is 1. The molecule has 1 N–H and O–H groups in total. The quantitative estimate of drug-likeness (QED) is 0.623. The van der Waals surface area contributed by atoms with Gasteiger partial charge in [0.2, 0.25) is 5.91 Å². The fraction of sp³-hybridized carbons (Fsp3) is 0.692. The molecule has 0 aromatic rings. The van der Waals surface area contributed by atoms with Crippen LogP contribution in [0.1, 0.15) is 27.2 Å². The van der Waals surface area contributed by atoms with Crippen molar-refractivity contribution in [1.82, 2.24) is 4.90 Å². The van der Waals surface area contributed by atoms with Gasteiger partial charge >= 0.3 is 0 Å². The number of aliphatic hydroxyl groups is 1. The van der Waals surface area contributed by atoms with Gasteiger partial charge < -0.3 is 5.11 Å². The maximum Gasteiger partial charge on any atom is 0.234 e. The van der Waals surface area contributed by atoms with E-state index in [0.717, 1.165) is 12.2 Å². The first-order valence-electron chi connectivity index (χ1n) is 6.19. The third kappa shape index (κ3) is 3.56. The summed E-state index contributed by atoms with van der Waals surface area (Å²) in [5.74, 6) is 0.794. The molecule has 1 rings (SSSR count). The fourth-order valence-electron chi connectivity index (χ4n) is 2.02. The van der Waals surface area contributed by atoms with Crippen molar-refractivity contribution in [1.29, 1.82) is 0 Å². The van der Waals surface area contributed by atoms with Crippen molar-refractivity contribution in [2.24, 2.45) is 11.8 Å². The van der Waals surface area contributed by atoms with Crippen LogP contribution in [0.25, 0.3) is 0 Å². The molecule has 0 radical (unpaired) electrons. The van der Waals surface area contributed by atoms with E-state index in [2.05, 4.69) is 20.4 Å². The van der Waals surface area contributed by atoms with E-state index in [4.69, 9.17) is 12.2 Å². The highest BCUT2D eigenvalue weighted by Crippen LogP contribution is 2.30. The van der Waals surface area contributed by atoms with E-state index < -0.39 is 12.0 Å². The van der Waals surface area contributed by atoms with Crippen molar-refractivity contribution in [2.45, 2.75) is 39.3 Å². The Hall–Kier alpha value is -0.390. The molecule has 0 saturated carbocycles. The summed E-state index contributed by atoms with van der Waals surface area (Å²) in [5.41, 5.74) is 0. The number of carbonyl (C=O) groups excluding carboxylic acids is 1. The second-order valence-corrected chi connectivity index (χ2v) is 6.74. The van der Waals surface area contributed by atoms with E-state index in [0.29, 0.717) is 10.2 Å². The van der Waals surface area contributed by atoms with Gasteiger partial charge in [-0.3, -0.25) is 9.69 Å². The molecule has 1 amide bonds. The molecular formula is C13H21NO2S2. The topological polar surface area (TPSA) is 40.5 Å². The van der Waals surface area contributed by atoms with Gasteiger partial charge in [0.25, 0.3) is 0 Å². The Morgan fingerprint density at radius 3 is 2.78 bits per heavy atom. The zero-order chi connectivity index (χ0) is 13.9. The van der Waals surface area contributed by atoms with Crippen LogP contribution in [0.5, 0.6) is 0 Å². The Morgan fingerprint density at radius 2 is 2.28 bits per heavy atom. The summed E-state index contributed by atoms with van der Waals surface area (Å²) in [6.07, 6.45) is 1.52. The van der Waals surface area contributed by atoms with E-state index in [1.54, 1.807) is 23.6 Å². The van der Waals surface area contributed by atoms with Crippen LogP contribution in [-0.2, 0) is 4.79 Å². The van der Waals surface area contributed by atoms with Crippen LogP contribution in [0.3, 0.4) is 0 Å². The number of thioether (sulfide) groups is 1. The van der Waals surface area contributed by atoms with Gasteiger partial charge in [0.1, 0.15) is 4.32 Å². The molecular weight excluding hydrogens is 266 g/mol. The molecule has 1 saturated heterocycles. The molecule has 1 fully saturated rings. The lowest BCUT2D eigenvalue weighted by molar-refractivity contribution is -0.134. The first-order valence-corrected chi connectivity index (χ1v) is 7.58. The largest absolute Gasteiger partial charge is 0.388 e. The lowest BCUT2D eigenvalue weighted by Crippen LogP contribution is -2.44. The maximum atomic E-state index is 12.4. The fourth-order valence-corrected chi connectivity index (χ4v) is 3.46. The molecule has 0 aromatic carbocycles. The smallest absolute Gasteiger partial charge is 0.234 e. The Labute approximate surface area is 119 Å².